The molecule has 1 heterocycles. The van der Waals surface area contributed by atoms with E-state index in [4.69, 9.17) is 4.42 Å². The summed E-state index contributed by atoms with van der Waals surface area (Å²) >= 11 is 0. The Morgan fingerprint density at radius 3 is 1.86 bits per heavy atom. The number of nitrogens with zero attached hydrogens (tertiary/aromatic N) is 1. The van der Waals surface area contributed by atoms with Gasteiger partial charge in [0, 0.05) is 40.7 Å². The van der Waals surface area contributed by atoms with Crippen molar-refractivity contribution in [2.75, 3.05) is 0 Å². The van der Waals surface area contributed by atoms with Crippen LogP contribution in [0.3, 0.4) is 0 Å². The van der Waals surface area contributed by atoms with Gasteiger partial charge in [-0.15, -0.1) is 0 Å². The molecule has 218 valence electrons. The molecule has 0 amide bonds. The molecule has 3 aliphatic carbocycles. The third-order valence-electron chi connectivity index (χ3n) is 10.5. The van der Waals surface area contributed by atoms with Gasteiger partial charge >= 0.3 is 0 Å². The topological polar surface area (TPSA) is 16.4 Å². The Hall–Kier alpha value is -3.17. The van der Waals surface area contributed by atoms with Crippen LogP contribution >= 0.6 is 0 Å². The molecule has 0 N–H and O–H groups in total. The summed E-state index contributed by atoms with van der Waals surface area (Å²) in [7, 11) is 0. The SMILES string of the molecule is Cc1oc(-c2ccc(F)cc2)c2c1[C@@H](c1ccccc1)[C@H](Cc1ccccc1)[C@H]2N(C1CCCCC1)C1CCCCC1. The third-order valence-corrected chi connectivity index (χ3v) is 10.5. The molecular formula is C39H44FNO. The van der Waals surface area contributed by atoms with E-state index in [1.54, 1.807) is 12.1 Å². The highest BCUT2D eigenvalue weighted by atomic mass is 19.1. The van der Waals surface area contributed by atoms with Gasteiger partial charge in [0.2, 0.25) is 0 Å². The first-order chi connectivity index (χ1) is 20.7. The predicted octanol–water partition coefficient (Wildman–Crippen LogP) is 10.4. The van der Waals surface area contributed by atoms with E-state index < -0.39 is 0 Å². The minimum absolute atomic E-state index is 0.203. The van der Waals surface area contributed by atoms with E-state index in [2.05, 4.69) is 72.5 Å². The molecule has 0 saturated heterocycles. The molecule has 3 heteroatoms. The third kappa shape index (κ3) is 5.26. The molecule has 42 heavy (non-hydrogen) atoms. The van der Waals surface area contributed by atoms with E-state index in [0.717, 1.165) is 23.5 Å². The van der Waals surface area contributed by atoms with Crippen LogP contribution in [0, 0.1) is 18.7 Å². The van der Waals surface area contributed by atoms with Crippen LogP contribution in [0.2, 0.25) is 0 Å². The van der Waals surface area contributed by atoms with E-state index in [1.165, 1.54) is 86.5 Å². The zero-order chi connectivity index (χ0) is 28.5. The fourth-order valence-electron chi connectivity index (χ4n) is 8.75. The van der Waals surface area contributed by atoms with E-state index >= 15 is 0 Å². The molecule has 3 aliphatic rings. The van der Waals surface area contributed by atoms with Gasteiger partial charge in [-0.2, -0.15) is 0 Å². The number of furan rings is 1. The molecule has 0 bridgehead atoms. The fourth-order valence-corrected chi connectivity index (χ4v) is 8.75. The zero-order valence-electron chi connectivity index (χ0n) is 25.0. The smallest absolute Gasteiger partial charge is 0.139 e. The van der Waals surface area contributed by atoms with Crippen molar-refractivity contribution in [3.63, 3.8) is 0 Å². The van der Waals surface area contributed by atoms with Gasteiger partial charge < -0.3 is 4.42 Å². The lowest BCUT2D eigenvalue weighted by molar-refractivity contribution is 0.0137. The summed E-state index contributed by atoms with van der Waals surface area (Å²) in [6, 6.07) is 30.8. The average molecular weight is 562 g/mol. The first kappa shape index (κ1) is 27.7. The van der Waals surface area contributed by atoms with E-state index in [0.29, 0.717) is 18.0 Å². The van der Waals surface area contributed by atoms with Crippen LogP contribution in [0.1, 0.15) is 104 Å². The van der Waals surface area contributed by atoms with Gasteiger partial charge in [0.05, 0.1) is 0 Å². The Morgan fingerprint density at radius 1 is 0.690 bits per heavy atom. The van der Waals surface area contributed by atoms with Crippen molar-refractivity contribution in [1.82, 2.24) is 4.90 Å². The molecule has 7 rings (SSSR count). The lowest BCUT2D eigenvalue weighted by Gasteiger charge is -2.48. The summed E-state index contributed by atoms with van der Waals surface area (Å²) < 4.78 is 20.9. The Balaban J connectivity index is 1.45. The standard InChI is InChI=1S/C39H44FNO/c1-27-35-36(29-16-8-3-9-17-29)34(26-28-14-6-2-7-15-28)38(37(35)39(42-27)30-22-24-31(40)25-23-30)41(32-18-10-4-11-19-32)33-20-12-5-13-21-33/h2-3,6-9,14-17,22-25,32-34,36,38H,4-5,10-13,18-21,26H2,1H3/t34-,36-,38+/m0/s1. The lowest BCUT2D eigenvalue weighted by atomic mass is 9.78. The number of aryl methyl sites for hydroxylation is 1. The Bertz CT molecular complexity index is 1430. The highest BCUT2D eigenvalue weighted by Gasteiger charge is 2.51. The maximum absolute atomic E-state index is 14.1. The maximum atomic E-state index is 14.1. The van der Waals surface area contributed by atoms with Crippen LogP contribution in [0.4, 0.5) is 4.39 Å². The second kappa shape index (κ2) is 12.2. The highest BCUT2D eigenvalue weighted by molar-refractivity contribution is 5.68. The monoisotopic (exact) mass is 561 g/mol. The summed E-state index contributed by atoms with van der Waals surface area (Å²) in [4.78, 5) is 3.04. The lowest BCUT2D eigenvalue weighted by Crippen LogP contribution is -2.49. The number of benzene rings is 3. The minimum atomic E-state index is -0.203. The normalized spacial score (nSPS) is 23.4. The largest absolute Gasteiger partial charge is 0.461 e. The van der Waals surface area contributed by atoms with E-state index in [1.807, 2.05) is 12.1 Å². The van der Waals surface area contributed by atoms with Gasteiger partial charge in [-0.25, -0.2) is 4.39 Å². The van der Waals surface area contributed by atoms with Crippen LogP contribution in [0.25, 0.3) is 11.3 Å². The zero-order valence-corrected chi connectivity index (χ0v) is 25.0. The molecule has 4 aromatic rings. The van der Waals surface area contributed by atoms with Crippen LogP contribution < -0.4 is 0 Å². The Labute approximate surface area is 251 Å². The molecule has 3 atom stereocenters. The van der Waals surface area contributed by atoms with Crippen molar-refractivity contribution in [1.29, 1.82) is 0 Å². The molecule has 2 saturated carbocycles. The van der Waals surface area contributed by atoms with Crippen molar-refractivity contribution < 1.29 is 8.81 Å². The van der Waals surface area contributed by atoms with Gasteiger partial charge in [-0.1, -0.05) is 99.2 Å². The van der Waals surface area contributed by atoms with Crippen molar-refractivity contribution in [2.45, 2.75) is 102 Å². The number of halogens is 1. The number of hydrogen-bond donors (Lipinski definition) is 0. The fraction of sp³-hybridized carbons (Fsp3) is 0.436. The second-order valence-corrected chi connectivity index (χ2v) is 13.0. The average Bonchev–Trinajstić information content (AvgIpc) is 3.54. The summed E-state index contributed by atoms with van der Waals surface area (Å²) in [5.74, 6) is 2.41. The predicted molar refractivity (Wildman–Crippen MR) is 169 cm³/mol. The molecule has 0 aliphatic heterocycles. The highest BCUT2D eigenvalue weighted by Crippen LogP contribution is 2.59. The Morgan fingerprint density at radius 2 is 1.26 bits per heavy atom. The molecule has 0 unspecified atom stereocenters. The van der Waals surface area contributed by atoms with Crippen LogP contribution in [0.15, 0.2) is 89.3 Å². The van der Waals surface area contributed by atoms with Crippen molar-refractivity contribution in [2.24, 2.45) is 5.92 Å². The number of hydrogen-bond acceptors (Lipinski definition) is 2. The van der Waals surface area contributed by atoms with Crippen LogP contribution in [-0.4, -0.2) is 17.0 Å². The number of rotatable bonds is 7. The van der Waals surface area contributed by atoms with Crippen molar-refractivity contribution >= 4 is 0 Å². The van der Waals surface area contributed by atoms with Crippen molar-refractivity contribution in [3.05, 3.63) is 119 Å². The molecule has 0 radical (unpaired) electrons. The molecule has 1 aromatic heterocycles. The molecule has 2 nitrogen and oxygen atoms in total. The van der Waals surface area contributed by atoms with E-state index in [9.17, 15) is 4.39 Å². The van der Waals surface area contributed by atoms with Gasteiger partial charge in [-0.05, 0) is 80.3 Å². The molecule has 3 aromatic carbocycles. The summed E-state index contributed by atoms with van der Waals surface area (Å²) in [6.45, 7) is 2.16. The van der Waals surface area contributed by atoms with Gasteiger partial charge in [0.1, 0.15) is 17.3 Å². The maximum Gasteiger partial charge on any atom is 0.139 e. The summed E-state index contributed by atoms with van der Waals surface area (Å²) in [6.07, 6.45) is 14.2. The molecule has 2 fully saturated rings. The number of fused-ring (bicyclic) bond motifs is 1. The second-order valence-electron chi connectivity index (χ2n) is 13.0. The molecule has 0 spiro atoms. The van der Waals surface area contributed by atoms with Gasteiger partial charge in [0.25, 0.3) is 0 Å². The van der Waals surface area contributed by atoms with Crippen molar-refractivity contribution in [3.8, 4) is 11.3 Å². The summed E-state index contributed by atoms with van der Waals surface area (Å²) in [5, 5.41) is 0. The van der Waals surface area contributed by atoms with E-state index in [-0.39, 0.29) is 17.8 Å². The minimum Gasteiger partial charge on any atom is -0.461 e. The summed E-state index contributed by atoms with van der Waals surface area (Å²) in [5.41, 5.74) is 6.53. The van der Waals surface area contributed by atoms with Crippen LogP contribution in [-0.2, 0) is 6.42 Å². The first-order valence-corrected chi connectivity index (χ1v) is 16.4. The van der Waals surface area contributed by atoms with Gasteiger partial charge in [0.15, 0.2) is 0 Å². The first-order valence-electron chi connectivity index (χ1n) is 16.4. The van der Waals surface area contributed by atoms with Gasteiger partial charge in [-0.3, -0.25) is 4.90 Å². The molecular weight excluding hydrogens is 517 g/mol. The quantitative estimate of drug-likeness (QED) is 0.223. The van der Waals surface area contributed by atoms with Crippen LogP contribution in [0.5, 0.6) is 0 Å². The Kier molecular flexibility index (Phi) is 8.04.